The van der Waals surface area contributed by atoms with Crippen molar-refractivity contribution in [3.63, 3.8) is 0 Å². The molecule has 0 bridgehead atoms. The molecule has 0 spiro atoms. The second-order valence-electron chi connectivity index (χ2n) is 2.36. The molecule has 72 valence electrons. The van der Waals surface area contributed by atoms with Gasteiger partial charge in [-0.1, -0.05) is 15.9 Å². The first kappa shape index (κ1) is 12.3. The van der Waals surface area contributed by atoms with Gasteiger partial charge in [0, 0.05) is 11.8 Å². The number of hydrogen-bond acceptors (Lipinski definition) is 3. The lowest BCUT2D eigenvalue weighted by Gasteiger charge is -2.02. The van der Waals surface area contributed by atoms with Crippen molar-refractivity contribution in [2.75, 3.05) is 23.9 Å². The summed E-state index contributed by atoms with van der Waals surface area (Å²) in [5.74, 6) is 0.988. The van der Waals surface area contributed by atoms with Crippen LogP contribution in [0.15, 0.2) is 0 Å². The van der Waals surface area contributed by atoms with Gasteiger partial charge in [0.1, 0.15) is 0 Å². The van der Waals surface area contributed by atoms with Crippen LogP contribution in [0.2, 0.25) is 0 Å². The van der Waals surface area contributed by atoms with E-state index in [1.807, 2.05) is 6.26 Å². The van der Waals surface area contributed by atoms with E-state index in [0.29, 0.717) is 13.0 Å². The molecule has 0 amide bonds. The van der Waals surface area contributed by atoms with Gasteiger partial charge in [0.25, 0.3) is 0 Å². The smallest absolute Gasteiger partial charge is 0.305 e. The van der Waals surface area contributed by atoms with Gasteiger partial charge < -0.3 is 4.74 Å². The zero-order valence-corrected chi connectivity index (χ0v) is 9.75. The maximum absolute atomic E-state index is 10.9. The van der Waals surface area contributed by atoms with Crippen LogP contribution < -0.4 is 0 Å². The molecule has 0 heterocycles. The van der Waals surface area contributed by atoms with Gasteiger partial charge >= 0.3 is 5.97 Å². The standard InChI is InChI=1S/C8H15BrO2S/c1-12-7-3-6-11-8(10)4-2-5-9/h2-7H2,1H3. The molecule has 12 heavy (non-hydrogen) atoms. The molecule has 0 aliphatic heterocycles. The summed E-state index contributed by atoms with van der Waals surface area (Å²) in [5, 5.41) is 0.868. The molecule has 0 aromatic heterocycles. The summed E-state index contributed by atoms with van der Waals surface area (Å²) < 4.78 is 4.97. The molecule has 0 N–H and O–H groups in total. The van der Waals surface area contributed by atoms with E-state index in [1.165, 1.54) is 0 Å². The van der Waals surface area contributed by atoms with E-state index in [2.05, 4.69) is 15.9 Å². The highest BCUT2D eigenvalue weighted by molar-refractivity contribution is 9.09. The zero-order chi connectivity index (χ0) is 9.23. The van der Waals surface area contributed by atoms with Crippen molar-refractivity contribution in [1.82, 2.24) is 0 Å². The van der Waals surface area contributed by atoms with Gasteiger partial charge in [-0.15, -0.1) is 0 Å². The van der Waals surface area contributed by atoms with E-state index in [-0.39, 0.29) is 5.97 Å². The predicted octanol–water partition coefficient (Wildman–Crippen LogP) is 2.46. The van der Waals surface area contributed by atoms with E-state index in [1.54, 1.807) is 11.8 Å². The summed E-state index contributed by atoms with van der Waals surface area (Å²) in [6, 6.07) is 0. The van der Waals surface area contributed by atoms with Gasteiger partial charge in [0.2, 0.25) is 0 Å². The average molecular weight is 255 g/mol. The summed E-state index contributed by atoms with van der Waals surface area (Å²) in [6.45, 7) is 0.571. The summed E-state index contributed by atoms with van der Waals surface area (Å²) >= 11 is 5.03. The third kappa shape index (κ3) is 8.40. The molecule has 0 fully saturated rings. The summed E-state index contributed by atoms with van der Waals surface area (Å²) in [6.07, 6.45) is 4.40. The minimum absolute atomic E-state index is 0.0736. The van der Waals surface area contributed by atoms with Crippen LogP contribution in [0.4, 0.5) is 0 Å². The van der Waals surface area contributed by atoms with Gasteiger partial charge in [-0.3, -0.25) is 4.79 Å². The van der Waals surface area contributed by atoms with Crippen LogP contribution in [0.3, 0.4) is 0 Å². The number of thioether (sulfide) groups is 1. The quantitative estimate of drug-likeness (QED) is 0.397. The van der Waals surface area contributed by atoms with Crippen LogP contribution in [0, 0.1) is 0 Å². The van der Waals surface area contributed by atoms with Gasteiger partial charge in [0.15, 0.2) is 0 Å². The lowest BCUT2D eigenvalue weighted by Crippen LogP contribution is -2.06. The van der Waals surface area contributed by atoms with Crippen molar-refractivity contribution in [2.24, 2.45) is 0 Å². The maximum atomic E-state index is 10.9. The molecule has 0 aliphatic rings. The second-order valence-corrected chi connectivity index (χ2v) is 4.14. The Morgan fingerprint density at radius 2 is 2.25 bits per heavy atom. The highest BCUT2D eigenvalue weighted by atomic mass is 79.9. The topological polar surface area (TPSA) is 26.3 Å². The van der Waals surface area contributed by atoms with Crippen LogP contribution in [-0.4, -0.2) is 29.9 Å². The Morgan fingerprint density at radius 3 is 2.83 bits per heavy atom. The Balaban J connectivity index is 3.08. The Morgan fingerprint density at radius 1 is 1.50 bits per heavy atom. The number of halogens is 1. The molecule has 0 saturated heterocycles. The molecule has 0 atom stereocenters. The largest absolute Gasteiger partial charge is 0.466 e. The first-order valence-corrected chi connectivity index (χ1v) is 6.53. The monoisotopic (exact) mass is 254 g/mol. The molecule has 0 aliphatic carbocycles. The lowest BCUT2D eigenvalue weighted by molar-refractivity contribution is -0.143. The lowest BCUT2D eigenvalue weighted by atomic mass is 10.3. The minimum atomic E-state index is -0.0736. The molecule has 0 aromatic carbocycles. The van der Waals surface area contributed by atoms with Crippen LogP contribution in [0.25, 0.3) is 0 Å². The first-order chi connectivity index (χ1) is 5.81. The van der Waals surface area contributed by atoms with Crippen molar-refractivity contribution in [1.29, 1.82) is 0 Å². The van der Waals surface area contributed by atoms with Gasteiger partial charge in [-0.2, -0.15) is 11.8 Å². The van der Waals surface area contributed by atoms with Crippen molar-refractivity contribution in [2.45, 2.75) is 19.3 Å². The summed E-state index contributed by atoms with van der Waals surface area (Å²) in [5.41, 5.74) is 0. The van der Waals surface area contributed by atoms with Crippen LogP contribution >= 0.6 is 27.7 Å². The fraction of sp³-hybridized carbons (Fsp3) is 0.875. The number of esters is 1. The number of alkyl halides is 1. The Kier molecular flexibility index (Phi) is 9.62. The van der Waals surface area contributed by atoms with Gasteiger partial charge in [-0.25, -0.2) is 0 Å². The molecular weight excluding hydrogens is 240 g/mol. The first-order valence-electron chi connectivity index (χ1n) is 4.01. The van der Waals surface area contributed by atoms with Crippen molar-refractivity contribution < 1.29 is 9.53 Å². The van der Waals surface area contributed by atoms with Gasteiger partial charge in [0.05, 0.1) is 6.61 Å². The molecule has 0 saturated carbocycles. The Labute approximate surface area is 86.6 Å². The molecule has 2 nitrogen and oxygen atoms in total. The molecule has 0 unspecified atom stereocenters. The van der Waals surface area contributed by atoms with E-state index in [0.717, 1.165) is 23.9 Å². The van der Waals surface area contributed by atoms with E-state index in [9.17, 15) is 4.79 Å². The van der Waals surface area contributed by atoms with Crippen LogP contribution in [0.1, 0.15) is 19.3 Å². The molecule has 4 heteroatoms. The fourth-order valence-electron chi connectivity index (χ4n) is 0.673. The highest BCUT2D eigenvalue weighted by Gasteiger charge is 2.00. The Hall–Kier alpha value is 0.300. The fourth-order valence-corrected chi connectivity index (χ4v) is 1.36. The van der Waals surface area contributed by atoms with Crippen molar-refractivity contribution >= 4 is 33.7 Å². The number of hydrogen-bond donors (Lipinski definition) is 0. The average Bonchev–Trinajstić information content (AvgIpc) is 2.09. The number of carbonyl (C=O) groups excluding carboxylic acids is 1. The highest BCUT2D eigenvalue weighted by Crippen LogP contribution is 1.99. The minimum Gasteiger partial charge on any atom is -0.466 e. The third-order valence-electron chi connectivity index (χ3n) is 1.27. The number of carbonyl (C=O) groups is 1. The summed E-state index contributed by atoms with van der Waals surface area (Å²) in [4.78, 5) is 10.9. The normalized spacial score (nSPS) is 9.83. The molecular formula is C8H15BrO2S. The second kappa shape index (κ2) is 9.39. The molecule has 0 rings (SSSR count). The summed E-state index contributed by atoms with van der Waals surface area (Å²) in [7, 11) is 0. The predicted molar refractivity (Wildman–Crippen MR) is 57.0 cm³/mol. The molecule has 0 aromatic rings. The third-order valence-corrected chi connectivity index (χ3v) is 2.53. The van der Waals surface area contributed by atoms with Crippen LogP contribution in [-0.2, 0) is 9.53 Å². The Bertz CT molecular complexity index is 120. The van der Waals surface area contributed by atoms with E-state index < -0.39 is 0 Å². The number of ether oxygens (including phenoxy) is 1. The SMILES string of the molecule is CSCCCOC(=O)CCCBr. The van der Waals surface area contributed by atoms with Crippen LogP contribution in [0.5, 0.6) is 0 Å². The van der Waals surface area contributed by atoms with Crippen molar-refractivity contribution in [3.8, 4) is 0 Å². The van der Waals surface area contributed by atoms with Gasteiger partial charge in [-0.05, 0) is 24.9 Å². The molecule has 0 radical (unpaired) electrons. The van der Waals surface area contributed by atoms with E-state index >= 15 is 0 Å². The van der Waals surface area contributed by atoms with Crippen molar-refractivity contribution in [3.05, 3.63) is 0 Å². The maximum Gasteiger partial charge on any atom is 0.305 e. The van der Waals surface area contributed by atoms with E-state index in [4.69, 9.17) is 4.74 Å². The number of rotatable bonds is 7. The zero-order valence-electron chi connectivity index (χ0n) is 7.35.